The fraction of sp³-hybridized carbons (Fsp3) is 0.188. The number of hydrogen-bond acceptors (Lipinski definition) is 2. The van der Waals surface area contributed by atoms with Gasteiger partial charge in [-0.05, 0) is 35.9 Å². The minimum Gasteiger partial charge on any atom is -0.497 e. The number of carbonyl (C=O) groups excluding carboxylic acids is 1. The van der Waals surface area contributed by atoms with Crippen molar-refractivity contribution in [1.82, 2.24) is 0 Å². The van der Waals surface area contributed by atoms with E-state index >= 15 is 0 Å². The van der Waals surface area contributed by atoms with Crippen LogP contribution in [-0.4, -0.2) is 13.0 Å². The van der Waals surface area contributed by atoms with Crippen molar-refractivity contribution in [2.45, 2.75) is 12.6 Å². The highest BCUT2D eigenvalue weighted by molar-refractivity contribution is 6.33. The van der Waals surface area contributed by atoms with Gasteiger partial charge in [-0.1, -0.05) is 23.7 Å². The highest BCUT2D eigenvalue weighted by Crippen LogP contribution is 2.33. The lowest BCUT2D eigenvalue weighted by Crippen LogP contribution is -2.15. The molecular formula is C16H13ClF3NO2. The summed E-state index contributed by atoms with van der Waals surface area (Å²) in [7, 11) is 1.53. The van der Waals surface area contributed by atoms with Crippen LogP contribution in [-0.2, 0) is 17.4 Å². The summed E-state index contributed by atoms with van der Waals surface area (Å²) in [6.45, 7) is 0. The molecule has 1 N–H and O–H groups in total. The van der Waals surface area contributed by atoms with Crippen molar-refractivity contribution >= 4 is 23.2 Å². The molecule has 23 heavy (non-hydrogen) atoms. The molecule has 0 aliphatic carbocycles. The van der Waals surface area contributed by atoms with Gasteiger partial charge in [-0.15, -0.1) is 0 Å². The molecule has 0 aliphatic rings. The van der Waals surface area contributed by atoms with E-state index in [2.05, 4.69) is 5.32 Å². The zero-order chi connectivity index (χ0) is 17.0. The predicted molar refractivity (Wildman–Crippen MR) is 81.8 cm³/mol. The van der Waals surface area contributed by atoms with Crippen LogP contribution in [0.15, 0.2) is 42.5 Å². The molecular weight excluding hydrogens is 331 g/mol. The minimum atomic E-state index is -4.50. The van der Waals surface area contributed by atoms with Crippen LogP contribution in [0.3, 0.4) is 0 Å². The van der Waals surface area contributed by atoms with Gasteiger partial charge in [-0.2, -0.15) is 13.2 Å². The summed E-state index contributed by atoms with van der Waals surface area (Å²) in [6, 6.07) is 9.57. The van der Waals surface area contributed by atoms with Gasteiger partial charge in [0.1, 0.15) is 5.75 Å². The molecule has 0 aromatic heterocycles. The van der Waals surface area contributed by atoms with Gasteiger partial charge in [0.15, 0.2) is 0 Å². The number of rotatable bonds is 4. The average Bonchev–Trinajstić information content (AvgIpc) is 2.49. The molecule has 7 heteroatoms. The molecule has 122 valence electrons. The molecule has 0 unspecified atom stereocenters. The average molecular weight is 344 g/mol. The van der Waals surface area contributed by atoms with E-state index in [4.69, 9.17) is 16.3 Å². The summed E-state index contributed by atoms with van der Waals surface area (Å²) in [5.41, 5.74) is -0.243. The summed E-state index contributed by atoms with van der Waals surface area (Å²) in [5, 5.41) is 2.44. The molecule has 0 saturated heterocycles. The summed E-state index contributed by atoms with van der Waals surface area (Å²) in [6.07, 6.45) is -4.49. The van der Waals surface area contributed by atoms with E-state index < -0.39 is 17.6 Å². The number of amides is 1. The van der Waals surface area contributed by atoms with E-state index in [-0.39, 0.29) is 17.1 Å². The van der Waals surface area contributed by atoms with Gasteiger partial charge in [0.25, 0.3) is 0 Å². The maximum atomic E-state index is 12.7. The van der Waals surface area contributed by atoms with Crippen molar-refractivity contribution < 1.29 is 22.7 Å². The van der Waals surface area contributed by atoms with Crippen LogP contribution in [0.25, 0.3) is 0 Å². The maximum absolute atomic E-state index is 12.7. The standard InChI is InChI=1S/C16H13ClF3NO2/c1-23-12-5-2-10(3-6-12)8-15(22)21-14-9-11(16(18,19)20)4-7-13(14)17/h2-7,9H,8H2,1H3,(H,21,22). The van der Waals surface area contributed by atoms with Gasteiger partial charge in [0.05, 0.1) is 29.8 Å². The summed E-state index contributed by atoms with van der Waals surface area (Å²) < 4.78 is 43.1. The van der Waals surface area contributed by atoms with E-state index in [9.17, 15) is 18.0 Å². The highest BCUT2D eigenvalue weighted by atomic mass is 35.5. The van der Waals surface area contributed by atoms with Crippen LogP contribution in [0.1, 0.15) is 11.1 Å². The van der Waals surface area contributed by atoms with Crippen molar-refractivity contribution in [2.75, 3.05) is 12.4 Å². The number of ether oxygens (including phenoxy) is 1. The number of methoxy groups -OCH3 is 1. The second-order valence-corrected chi connectivity index (χ2v) is 5.17. The zero-order valence-electron chi connectivity index (χ0n) is 12.1. The second kappa shape index (κ2) is 6.91. The maximum Gasteiger partial charge on any atom is 0.416 e. The normalized spacial score (nSPS) is 11.2. The van der Waals surface area contributed by atoms with Crippen LogP contribution in [0.4, 0.5) is 18.9 Å². The third-order valence-corrected chi connectivity index (χ3v) is 3.42. The highest BCUT2D eigenvalue weighted by Gasteiger charge is 2.31. The molecule has 2 rings (SSSR count). The summed E-state index contributed by atoms with van der Waals surface area (Å²) in [5.74, 6) is 0.187. The van der Waals surface area contributed by atoms with Crippen LogP contribution >= 0.6 is 11.6 Å². The zero-order valence-corrected chi connectivity index (χ0v) is 12.8. The number of halogens is 4. The molecule has 2 aromatic rings. The van der Waals surface area contributed by atoms with Crippen molar-refractivity contribution in [3.05, 3.63) is 58.6 Å². The molecule has 0 atom stereocenters. The summed E-state index contributed by atoms with van der Waals surface area (Å²) >= 11 is 5.83. The quantitative estimate of drug-likeness (QED) is 0.884. The monoisotopic (exact) mass is 343 g/mol. The first-order valence-electron chi connectivity index (χ1n) is 6.59. The Morgan fingerprint density at radius 2 is 1.83 bits per heavy atom. The lowest BCUT2D eigenvalue weighted by molar-refractivity contribution is -0.137. The Bertz CT molecular complexity index is 699. The molecule has 0 bridgehead atoms. The molecule has 0 radical (unpaired) electrons. The number of benzene rings is 2. The third kappa shape index (κ3) is 4.63. The van der Waals surface area contributed by atoms with Crippen molar-refractivity contribution in [3.63, 3.8) is 0 Å². The largest absolute Gasteiger partial charge is 0.497 e. The molecule has 0 saturated carbocycles. The molecule has 0 fully saturated rings. The molecule has 1 amide bonds. The fourth-order valence-corrected chi connectivity index (χ4v) is 2.09. The minimum absolute atomic E-state index is 0.0105. The van der Waals surface area contributed by atoms with Crippen molar-refractivity contribution in [2.24, 2.45) is 0 Å². The predicted octanol–water partition coefficient (Wildman–Crippen LogP) is 4.55. The van der Waals surface area contributed by atoms with E-state index in [1.165, 1.54) is 7.11 Å². The van der Waals surface area contributed by atoms with Crippen LogP contribution < -0.4 is 10.1 Å². The second-order valence-electron chi connectivity index (χ2n) is 4.77. The Hall–Kier alpha value is -2.21. The summed E-state index contributed by atoms with van der Waals surface area (Å²) in [4.78, 5) is 12.0. The van der Waals surface area contributed by atoms with Gasteiger partial charge in [-0.3, -0.25) is 4.79 Å². The Balaban J connectivity index is 2.10. The van der Waals surface area contributed by atoms with Gasteiger partial charge in [0.2, 0.25) is 5.91 Å². The first-order chi connectivity index (χ1) is 10.8. The number of hydrogen-bond donors (Lipinski definition) is 1. The number of alkyl halides is 3. The number of anilines is 1. The molecule has 0 aliphatic heterocycles. The lowest BCUT2D eigenvalue weighted by atomic mass is 10.1. The van der Waals surface area contributed by atoms with E-state index in [1.807, 2.05) is 0 Å². The fourth-order valence-electron chi connectivity index (χ4n) is 1.92. The van der Waals surface area contributed by atoms with E-state index in [0.717, 1.165) is 18.2 Å². The Labute approximate surface area is 136 Å². The first-order valence-corrected chi connectivity index (χ1v) is 6.97. The van der Waals surface area contributed by atoms with Crippen LogP contribution in [0.2, 0.25) is 5.02 Å². The molecule has 0 spiro atoms. The Kier molecular flexibility index (Phi) is 5.15. The van der Waals surface area contributed by atoms with Gasteiger partial charge in [0, 0.05) is 0 Å². The Morgan fingerprint density at radius 3 is 2.39 bits per heavy atom. The van der Waals surface area contributed by atoms with E-state index in [0.29, 0.717) is 11.3 Å². The lowest BCUT2D eigenvalue weighted by Gasteiger charge is -2.12. The van der Waals surface area contributed by atoms with Crippen LogP contribution in [0, 0.1) is 0 Å². The molecule has 2 aromatic carbocycles. The smallest absolute Gasteiger partial charge is 0.416 e. The third-order valence-electron chi connectivity index (χ3n) is 3.09. The van der Waals surface area contributed by atoms with Crippen molar-refractivity contribution in [3.8, 4) is 5.75 Å². The Morgan fingerprint density at radius 1 is 1.17 bits per heavy atom. The van der Waals surface area contributed by atoms with E-state index in [1.54, 1.807) is 24.3 Å². The first kappa shape index (κ1) is 17.1. The van der Waals surface area contributed by atoms with Gasteiger partial charge >= 0.3 is 6.18 Å². The topological polar surface area (TPSA) is 38.3 Å². The number of nitrogens with one attached hydrogen (secondary N) is 1. The van der Waals surface area contributed by atoms with Gasteiger partial charge in [-0.25, -0.2) is 0 Å². The molecule has 3 nitrogen and oxygen atoms in total. The number of carbonyl (C=O) groups is 1. The van der Waals surface area contributed by atoms with Crippen molar-refractivity contribution in [1.29, 1.82) is 0 Å². The van der Waals surface area contributed by atoms with Crippen LogP contribution in [0.5, 0.6) is 5.75 Å². The SMILES string of the molecule is COc1ccc(CC(=O)Nc2cc(C(F)(F)F)ccc2Cl)cc1. The van der Waals surface area contributed by atoms with Gasteiger partial charge < -0.3 is 10.1 Å². The molecule has 0 heterocycles.